The molecule has 0 atom stereocenters. The fourth-order valence-corrected chi connectivity index (χ4v) is 2.24. The molecule has 1 aliphatic heterocycles. The molecule has 0 bridgehead atoms. The first-order valence-electron chi connectivity index (χ1n) is 5.30. The van der Waals surface area contributed by atoms with Crippen molar-refractivity contribution in [3.05, 3.63) is 33.9 Å². The second-order valence-electron chi connectivity index (χ2n) is 3.90. The van der Waals surface area contributed by atoms with E-state index >= 15 is 0 Å². The Kier molecular flexibility index (Phi) is 3.29. The van der Waals surface area contributed by atoms with Gasteiger partial charge in [0.25, 0.3) is 5.69 Å². The topological polar surface area (TPSA) is 46.4 Å². The van der Waals surface area contributed by atoms with Crippen LogP contribution in [0.2, 0.25) is 0 Å². The molecule has 16 heavy (non-hydrogen) atoms. The van der Waals surface area contributed by atoms with E-state index in [0.717, 1.165) is 18.8 Å². The van der Waals surface area contributed by atoms with E-state index < -0.39 is 0 Å². The molecule has 0 aliphatic carbocycles. The van der Waals surface area contributed by atoms with Crippen LogP contribution in [0, 0.1) is 10.1 Å². The quantitative estimate of drug-likeness (QED) is 0.464. The van der Waals surface area contributed by atoms with E-state index in [9.17, 15) is 10.1 Å². The minimum Gasteiger partial charge on any atom is -0.372 e. The number of alkyl halides is 1. The molecule has 0 N–H and O–H groups in total. The zero-order valence-corrected chi connectivity index (χ0v) is 9.61. The van der Waals surface area contributed by atoms with Gasteiger partial charge in [-0.15, -0.1) is 11.6 Å². The van der Waals surface area contributed by atoms with Gasteiger partial charge in [-0.3, -0.25) is 10.1 Å². The summed E-state index contributed by atoms with van der Waals surface area (Å²) in [5, 5.41) is 10.7. The summed E-state index contributed by atoms with van der Waals surface area (Å²) in [6.45, 7) is 2.05. The van der Waals surface area contributed by atoms with Gasteiger partial charge in [0, 0.05) is 30.4 Å². The zero-order chi connectivity index (χ0) is 11.5. The maximum atomic E-state index is 10.7. The van der Waals surface area contributed by atoms with Crippen molar-refractivity contribution >= 4 is 23.0 Å². The second-order valence-corrected chi connectivity index (χ2v) is 4.17. The first-order chi connectivity index (χ1) is 7.72. The average molecular weight is 241 g/mol. The smallest absolute Gasteiger partial charge is 0.273 e. The number of halogens is 1. The number of rotatable bonds is 3. The van der Waals surface area contributed by atoms with Crippen LogP contribution in [0.1, 0.15) is 18.4 Å². The molecule has 0 aromatic heterocycles. The van der Waals surface area contributed by atoms with E-state index in [4.69, 9.17) is 11.6 Å². The van der Waals surface area contributed by atoms with Gasteiger partial charge in [0.05, 0.1) is 10.8 Å². The normalized spacial score (nSPS) is 15.4. The van der Waals surface area contributed by atoms with Crippen molar-refractivity contribution in [2.75, 3.05) is 18.0 Å². The van der Waals surface area contributed by atoms with Crippen LogP contribution < -0.4 is 4.90 Å². The third kappa shape index (κ3) is 2.11. The maximum Gasteiger partial charge on any atom is 0.273 e. The highest BCUT2D eigenvalue weighted by atomic mass is 35.5. The van der Waals surface area contributed by atoms with Crippen molar-refractivity contribution in [3.63, 3.8) is 0 Å². The van der Waals surface area contributed by atoms with Gasteiger partial charge >= 0.3 is 0 Å². The Labute approximate surface area is 99.0 Å². The van der Waals surface area contributed by atoms with Gasteiger partial charge in [-0.05, 0) is 25.0 Å². The van der Waals surface area contributed by atoms with Crippen LogP contribution >= 0.6 is 11.6 Å². The summed E-state index contributed by atoms with van der Waals surface area (Å²) in [4.78, 5) is 12.6. The Balaban J connectivity index is 2.32. The highest BCUT2D eigenvalue weighted by Crippen LogP contribution is 2.28. The van der Waals surface area contributed by atoms with Gasteiger partial charge in [0.15, 0.2) is 0 Å². The van der Waals surface area contributed by atoms with Crippen LogP contribution in [-0.4, -0.2) is 18.0 Å². The molecule has 0 unspecified atom stereocenters. The lowest BCUT2D eigenvalue weighted by molar-refractivity contribution is -0.385. The molecule has 2 rings (SSSR count). The Morgan fingerprint density at radius 2 is 2.06 bits per heavy atom. The van der Waals surface area contributed by atoms with Gasteiger partial charge < -0.3 is 4.90 Å². The molecule has 86 valence electrons. The van der Waals surface area contributed by atoms with E-state index in [0.29, 0.717) is 5.56 Å². The van der Waals surface area contributed by atoms with Crippen LogP contribution in [-0.2, 0) is 5.88 Å². The molecule has 1 saturated heterocycles. The highest BCUT2D eigenvalue weighted by molar-refractivity contribution is 6.17. The maximum absolute atomic E-state index is 10.7. The van der Waals surface area contributed by atoms with E-state index in [1.54, 1.807) is 12.1 Å². The molecular formula is C11H13ClN2O2. The fourth-order valence-electron chi connectivity index (χ4n) is 2.03. The standard InChI is InChI=1S/C11H13ClN2O2/c12-8-9-7-10(13-5-1-2-6-13)3-4-11(9)14(15)16/h3-4,7H,1-2,5-6,8H2. The molecule has 1 fully saturated rings. The van der Waals surface area contributed by atoms with Gasteiger partial charge in [0.1, 0.15) is 0 Å². The van der Waals surface area contributed by atoms with Crippen molar-refractivity contribution in [3.8, 4) is 0 Å². The third-order valence-electron chi connectivity index (χ3n) is 2.87. The van der Waals surface area contributed by atoms with E-state index in [1.165, 1.54) is 12.8 Å². The molecule has 5 heteroatoms. The summed E-state index contributed by atoms with van der Waals surface area (Å²) in [7, 11) is 0. The minimum atomic E-state index is -0.383. The molecule has 1 heterocycles. The van der Waals surface area contributed by atoms with Crippen LogP contribution in [0.15, 0.2) is 18.2 Å². The number of nitro groups is 1. The minimum absolute atomic E-state index is 0.109. The number of anilines is 1. The number of benzene rings is 1. The third-order valence-corrected chi connectivity index (χ3v) is 3.16. The Hall–Kier alpha value is -1.29. The zero-order valence-electron chi connectivity index (χ0n) is 8.86. The molecule has 1 aliphatic rings. The largest absolute Gasteiger partial charge is 0.372 e. The van der Waals surface area contributed by atoms with Crippen LogP contribution in [0.5, 0.6) is 0 Å². The van der Waals surface area contributed by atoms with Gasteiger partial charge in [-0.2, -0.15) is 0 Å². The number of hydrogen-bond donors (Lipinski definition) is 0. The predicted molar refractivity (Wildman–Crippen MR) is 64.1 cm³/mol. The van der Waals surface area contributed by atoms with Crippen molar-refractivity contribution in [2.45, 2.75) is 18.7 Å². The van der Waals surface area contributed by atoms with Crippen molar-refractivity contribution in [1.29, 1.82) is 0 Å². The molecule has 0 spiro atoms. The molecule has 0 amide bonds. The molecular weight excluding hydrogens is 228 g/mol. The molecule has 0 saturated carbocycles. The van der Waals surface area contributed by atoms with Crippen molar-refractivity contribution in [1.82, 2.24) is 0 Å². The first kappa shape index (κ1) is 11.2. The first-order valence-corrected chi connectivity index (χ1v) is 5.84. The average Bonchev–Trinajstić information content (AvgIpc) is 2.81. The summed E-state index contributed by atoms with van der Waals surface area (Å²) in [6.07, 6.45) is 2.38. The van der Waals surface area contributed by atoms with Gasteiger partial charge in [-0.1, -0.05) is 0 Å². The Bertz CT molecular complexity index is 403. The van der Waals surface area contributed by atoms with E-state index in [2.05, 4.69) is 4.90 Å². The van der Waals surface area contributed by atoms with Crippen LogP contribution in [0.3, 0.4) is 0 Å². The summed E-state index contributed by atoms with van der Waals surface area (Å²) >= 11 is 5.73. The van der Waals surface area contributed by atoms with Crippen molar-refractivity contribution < 1.29 is 4.92 Å². The number of nitrogens with zero attached hydrogens (tertiary/aromatic N) is 2. The monoisotopic (exact) mass is 240 g/mol. The molecule has 4 nitrogen and oxygen atoms in total. The SMILES string of the molecule is O=[N+]([O-])c1ccc(N2CCCC2)cc1CCl. The summed E-state index contributed by atoms with van der Waals surface area (Å²) in [5.74, 6) is 0.179. The van der Waals surface area contributed by atoms with Crippen LogP contribution in [0.4, 0.5) is 11.4 Å². The van der Waals surface area contributed by atoms with Crippen LogP contribution in [0.25, 0.3) is 0 Å². The summed E-state index contributed by atoms with van der Waals surface area (Å²) in [5.41, 5.74) is 1.74. The van der Waals surface area contributed by atoms with Crippen molar-refractivity contribution in [2.24, 2.45) is 0 Å². The Morgan fingerprint density at radius 3 is 2.62 bits per heavy atom. The molecule has 1 aromatic rings. The Morgan fingerprint density at radius 1 is 1.38 bits per heavy atom. The summed E-state index contributed by atoms with van der Waals surface area (Å²) in [6, 6.07) is 5.18. The lowest BCUT2D eigenvalue weighted by Gasteiger charge is -2.18. The molecule has 1 aromatic carbocycles. The fraction of sp³-hybridized carbons (Fsp3) is 0.455. The van der Waals surface area contributed by atoms with E-state index in [-0.39, 0.29) is 16.5 Å². The lowest BCUT2D eigenvalue weighted by atomic mass is 10.1. The predicted octanol–water partition coefficient (Wildman–Crippen LogP) is 2.93. The highest BCUT2D eigenvalue weighted by Gasteiger charge is 2.17. The second kappa shape index (κ2) is 4.70. The lowest BCUT2D eigenvalue weighted by Crippen LogP contribution is -2.17. The van der Waals surface area contributed by atoms with Gasteiger partial charge in [-0.25, -0.2) is 0 Å². The van der Waals surface area contributed by atoms with E-state index in [1.807, 2.05) is 6.07 Å². The summed E-state index contributed by atoms with van der Waals surface area (Å²) < 4.78 is 0. The number of nitro benzene ring substituents is 1. The van der Waals surface area contributed by atoms with Gasteiger partial charge in [0.2, 0.25) is 0 Å². The molecule has 0 radical (unpaired) electrons. The number of hydrogen-bond acceptors (Lipinski definition) is 3.